The molecule has 0 bridgehead atoms. The Morgan fingerprint density at radius 3 is 2.71 bits per heavy atom. The minimum absolute atomic E-state index is 0.121. The number of benzene rings is 1. The van der Waals surface area contributed by atoms with E-state index in [2.05, 4.69) is 15.6 Å². The van der Waals surface area contributed by atoms with E-state index in [1.165, 1.54) is 29.8 Å². The lowest BCUT2D eigenvalue weighted by Crippen LogP contribution is -2.24. The summed E-state index contributed by atoms with van der Waals surface area (Å²) in [4.78, 5) is 26.8. The molecule has 34 heavy (non-hydrogen) atoms. The number of thiophene rings is 2. The van der Waals surface area contributed by atoms with E-state index in [-0.39, 0.29) is 28.8 Å². The lowest BCUT2D eigenvalue weighted by Gasteiger charge is -2.15. The van der Waals surface area contributed by atoms with E-state index in [1.54, 1.807) is 42.6 Å². The fourth-order valence-corrected chi connectivity index (χ4v) is 5.01. The molecule has 0 aliphatic heterocycles. The second-order valence-corrected chi connectivity index (χ2v) is 9.52. The van der Waals surface area contributed by atoms with Crippen molar-refractivity contribution >= 4 is 69.6 Å². The Morgan fingerprint density at radius 2 is 2.00 bits per heavy atom. The maximum Gasteiger partial charge on any atom is 0.288 e. The molecule has 0 radical (unpaired) electrons. The zero-order chi connectivity index (χ0) is 24.2. The largest absolute Gasteiger partial charge is 0.504 e. The predicted octanol–water partition coefficient (Wildman–Crippen LogP) is 6.06. The van der Waals surface area contributed by atoms with Crippen molar-refractivity contribution < 1.29 is 19.2 Å². The molecule has 3 heterocycles. The summed E-state index contributed by atoms with van der Waals surface area (Å²) >= 11 is 14.3. The summed E-state index contributed by atoms with van der Waals surface area (Å²) in [6.45, 7) is 1.83. The quantitative estimate of drug-likeness (QED) is 0.221. The van der Waals surface area contributed by atoms with Crippen LogP contribution >= 0.6 is 45.9 Å². The molecular weight excluding hydrogens is 519 g/mol. The normalized spacial score (nSPS) is 11.1. The number of carbonyl (C=O) groups excluding carboxylic acids is 2. The van der Waals surface area contributed by atoms with Gasteiger partial charge in [-0.1, -0.05) is 34.4 Å². The fraction of sp³-hybridized carbons (Fsp3) is 0.0909. The van der Waals surface area contributed by atoms with Gasteiger partial charge < -0.3 is 14.9 Å². The summed E-state index contributed by atoms with van der Waals surface area (Å²) in [6.07, 6.45) is 2.92. The number of hydrazone groups is 1. The second-order valence-electron chi connectivity index (χ2n) is 6.74. The van der Waals surface area contributed by atoms with E-state index in [0.717, 1.165) is 16.3 Å². The molecule has 4 rings (SSSR count). The van der Waals surface area contributed by atoms with Gasteiger partial charge in [0.2, 0.25) is 0 Å². The van der Waals surface area contributed by atoms with Crippen LogP contribution in [0.15, 0.2) is 57.6 Å². The van der Waals surface area contributed by atoms with Crippen LogP contribution in [-0.4, -0.2) is 28.3 Å². The Labute approximate surface area is 212 Å². The van der Waals surface area contributed by atoms with Gasteiger partial charge in [0.25, 0.3) is 11.8 Å². The van der Waals surface area contributed by atoms with Crippen LogP contribution in [0.1, 0.15) is 32.0 Å². The minimum atomic E-state index is -0.494. The van der Waals surface area contributed by atoms with Crippen molar-refractivity contribution in [3.05, 3.63) is 73.5 Å². The van der Waals surface area contributed by atoms with Crippen LogP contribution in [0.3, 0.4) is 0 Å². The van der Waals surface area contributed by atoms with Crippen LogP contribution in [0.4, 0.5) is 5.69 Å². The highest BCUT2D eigenvalue weighted by Gasteiger charge is 2.26. The molecule has 174 valence electrons. The number of halogens is 2. The highest BCUT2D eigenvalue weighted by atomic mass is 35.5. The number of anilines is 1. The van der Waals surface area contributed by atoms with Crippen molar-refractivity contribution in [3.63, 3.8) is 0 Å². The molecule has 3 aromatic heterocycles. The van der Waals surface area contributed by atoms with Crippen molar-refractivity contribution in [2.24, 2.45) is 5.10 Å². The first-order chi connectivity index (χ1) is 16.4. The lowest BCUT2D eigenvalue weighted by atomic mass is 10.1. The molecule has 12 heteroatoms. The maximum atomic E-state index is 13.2. The number of nitrogens with zero attached hydrogens (tertiary/aromatic N) is 3. The number of nitrogens with one attached hydrogen (secondary N) is 1. The number of rotatable bonds is 7. The van der Waals surface area contributed by atoms with Crippen molar-refractivity contribution in [2.45, 2.75) is 13.5 Å². The monoisotopic (exact) mass is 534 g/mol. The number of carbonyl (C=O) groups is 2. The molecule has 2 N–H and O–H groups in total. The van der Waals surface area contributed by atoms with Crippen LogP contribution in [-0.2, 0) is 6.54 Å². The van der Waals surface area contributed by atoms with Crippen molar-refractivity contribution in [2.75, 3.05) is 5.01 Å². The summed E-state index contributed by atoms with van der Waals surface area (Å²) in [7, 11) is 0. The van der Waals surface area contributed by atoms with E-state index in [9.17, 15) is 14.7 Å². The predicted molar refractivity (Wildman–Crippen MR) is 134 cm³/mol. The molecule has 4 aromatic rings. The lowest BCUT2D eigenvalue weighted by molar-refractivity contribution is 0.0950. The average molecular weight is 535 g/mol. The maximum absolute atomic E-state index is 13.2. The van der Waals surface area contributed by atoms with Gasteiger partial charge >= 0.3 is 0 Å². The number of hydrogen-bond acceptors (Lipinski definition) is 8. The van der Waals surface area contributed by atoms with Crippen molar-refractivity contribution in [3.8, 4) is 16.2 Å². The third kappa shape index (κ3) is 5.00. The average Bonchev–Trinajstić information content (AvgIpc) is 3.59. The summed E-state index contributed by atoms with van der Waals surface area (Å²) < 4.78 is 4.95. The molecule has 0 saturated carbocycles. The molecule has 2 amide bonds. The third-order valence-corrected chi connectivity index (χ3v) is 7.35. The molecule has 8 nitrogen and oxygen atoms in total. The summed E-state index contributed by atoms with van der Waals surface area (Å²) in [5.41, 5.74) is 0.858. The van der Waals surface area contributed by atoms with Crippen molar-refractivity contribution in [1.82, 2.24) is 10.5 Å². The van der Waals surface area contributed by atoms with Gasteiger partial charge in [0.05, 0.1) is 37.4 Å². The van der Waals surface area contributed by atoms with Gasteiger partial charge in [0, 0.05) is 17.7 Å². The van der Waals surface area contributed by atoms with E-state index in [4.69, 9.17) is 27.7 Å². The molecule has 0 aliphatic carbocycles. The van der Waals surface area contributed by atoms with Gasteiger partial charge in [0.1, 0.15) is 5.69 Å². The number of hydrogen-bond donors (Lipinski definition) is 2. The van der Waals surface area contributed by atoms with Gasteiger partial charge in [-0.3, -0.25) is 9.59 Å². The Balaban J connectivity index is 1.56. The van der Waals surface area contributed by atoms with E-state index in [1.807, 2.05) is 0 Å². The first-order valence-electron chi connectivity index (χ1n) is 9.75. The summed E-state index contributed by atoms with van der Waals surface area (Å²) in [6, 6.07) is 9.72. The summed E-state index contributed by atoms with van der Waals surface area (Å²) in [5.74, 6) is -0.461. The van der Waals surface area contributed by atoms with Crippen LogP contribution in [0.25, 0.3) is 10.4 Å². The standard InChI is InChI=1S/C22H16Cl2N4O4S2/c1-2-26-28(16-11-33-20(19(16)29)12-3-4-14(23)15(24)9-12)22(31)18-6-5-17(34-18)21(30)25-10-13-7-8-27-32-13/h2-9,11,29H,10H2,1H3,(H,25,30). The van der Waals surface area contributed by atoms with E-state index < -0.39 is 5.91 Å². The highest BCUT2D eigenvalue weighted by molar-refractivity contribution is 7.16. The molecular formula is C22H16Cl2N4O4S2. The topological polar surface area (TPSA) is 108 Å². The molecule has 0 aliphatic rings. The van der Waals surface area contributed by atoms with E-state index >= 15 is 0 Å². The van der Waals surface area contributed by atoms with Gasteiger partial charge in [0.15, 0.2) is 11.5 Å². The van der Waals surface area contributed by atoms with Crippen molar-refractivity contribution in [1.29, 1.82) is 0 Å². The molecule has 0 fully saturated rings. The van der Waals surface area contributed by atoms with Crippen LogP contribution in [0.2, 0.25) is 10.0 Å². The Bertz CT molecular complexity index is 1370. The number of aromatic hydroxyl groups is 1. The Morgan fingerprint density at radius 1 is 1.21 bits per heavy atom. The van der Waals surface area contributed by atoms with Gasteiger partial charge in [-0.05, 0) is 36.8 Å². The molecule has 0 unspecified atom stereocenters. The first-order valence-corrected chi connectivity index (χ1v) is 12.2. The SMILES string of the molecule is CC=NN(C(=O)c1ccc(C(=O)NCc2ccno2)s1)c1csc(-c2ccc(Cl)c(Cl)c2)c1O. The van der Waals surface area contributed by atoms with Gasteiger partial charge in [-0.25, -0.2) is 0 Å². The van der Waals surface area contributed by atoms with Gasteiger partial charge in [-0.2, -0.15) is 10.1 Å². The molecule has 0 spiro atoms. The zero-order valence-corrected chi connectivity index (χ0v) is 20.6. The Kier molecular flexibility index (Phi) is 7.32. The number of aromatic nitrogens is 1. The van der Waals surface area contributed by atoms with Crippen LogP contribution < -0.4 is 10.3 Å². The molecule has 1 aromatic carbocycles. The zero-order valence-electron chi connectivity index (χ0n) is 17.5. The summed E-state index contributed by atoms with van der Waals surface area (Å²) in [5, 5.41) is 24.8. The number of amides is 2. The first kappa shape index (κ1) is 24.0. The third-order valence-electron chi connectivity index (χ3n) is 4.53. The fourth-order valence-electron chi connectivity index (χ4n) is 2.94. The minimum Gasteiger partial charge on any atom is -0.504 e. The highest BCUT2D eigenvalue weighted by Crippen LogP contribution is 2.45. The van der Waals surface area contributed by atoms with Crippen LogP contribution in [0, 0.1) is 0 Å². The second kappa shape index (κ2) is 10.4. The smallest absolute Gasteiger partial charge is 0.288 e. The Hall–Kier alpha value is -3.18. The molecule has 0 atom stereocenters. The van der Waals surface area contributed by atoms with Gasteiger partial charge in [-0.15, -0.1) is 22.7 Å². The van der Waals surface area contributed by atoms with E-state index in [0.29, 0.717) is 31.1 Å². The molecule has 0 saturated heterocycles. The van der Waals surface area contributed by atoms with Crippen LogP contribution in [0.5, 0.6) is 5.75 Å².